The molecule has 0 radical (unpaired) electrons. The normalized spacial score (nSPS) is 10.4. The van der Waals surface area contributed by atoms with Gasteiger partial charge in [-0.1, -0.05) is 18.2 Å². The molecule has 0 amide bonds. The van der Waals surface area contributed by atoms with Crippen LogP contribution in [0.5, 0.6) is 0 Å². The van der Waals surface area contributed by atoms with Gasteiger partial charge >= 0.3 is 0 Å². The molecule has 0 aliphatic rings. The summed E-state index contributed by atoms with van der Waals surface area (Å²) in [6, 6.07) is 12.4. The van der Waals surface area contributed by atoms with Crippen molar-refractivity contribution in [3.8, 4) is 0 Å². The number of rotatable bonds is 3. The highest BCUT2D eigenvalue weighted by molar-refractivity contribution is 5.66. The van der Waals surface area contributed by atoms with Crippen LogP contribution in [-0.2, 0) is 6.54 Å². The Labute approximate surface area is 108 Å². The van der Waals surface area contributed by atoms with Crippen LogP contribution in [0.1, 0.15) is 17.0 Å². The quantitative estimate of drug-likeness (QED) is 0.898. The van der Waals surface area contributed by atoms with Crippen molar-refractivity contribution in [1.29, 1.82) is 0 Å². The van der Waals surface area contributed by atoms with Gasteiger partial charge in [0.05, 0.1) is 0 Å². The third-order valence-corrected chi connectivity index (χ3v) is 3.14. The van der Waals surface area contributed by atoms with E-state index in [0.29, 0.717) is 6.54 Å². The topological polar surface area (TPSA) is 42.1 Å². The molecule has 0 aliphatic carbocycles. The number of aromatic nitrogens is 1. The van der Waals surface area contributed by atoms with Gasteiger partial charge in [-0.25, -0.2) is 0 Å². The lowest BCUT2D eigenvalue weighted by molar-refractivity contribution is 0.973. The number of hydrogen-bond acceptors (Lipinski definition) is 3. The number of benzene rings is 1. The zero-order valence-corrected chi connectivity index (χ0v) is 11.1. The summed E-state index contributed by atoms with van der Waals surface area (Å²) in [5.74, 6) is 0. The number of aryl methyl sites for hydroxylation is 2. The van der Waals surface area contributed by atoms with Crippen LogP contribution in [-0.4, -0.2) is 12.0 Å². The Hall–Kier alpha value is -1.87. The van der Waals surface area contributed by atoms with Crippen LogP contribution in [0.15, 0.2) is 36.4 Å². The molecular weight excluding hydrogens is 222 g/mol. The minimum Gasteiger partial charge on any atom is -0.344 e. The van der Waals surface area contributed by atoms with Gasteiger partial charge in [-0.15, -0.1) is 0 Å². The molecule has 1 heterocycles. The molecule has 2 N–H and O–H groups in total. The molecule has 0 unspecified atom stereocenters. The van der Waals surface area contributed by atoms with E-state index in [0.717, 1.165) is 28.3 Å². The van der Waals surface area contributed by atoms with E-state index in [4.69, 9.17) is 5.73 Å². The molecule has 0 spiro atoms. The Kier molecular flexibility index (Phi) is 3.63. The summed E-state index contributed by atoms with van der Waals surface area (Å²) >= 11 is 0. The Morgan fingerprint density at radius 1 is 1.17 bits per heavy atom. The number of nitrogens with zero attached hydrogens (tertiary/aromatic N) is 2. The molecule has 0 atom stereocenters. The van der Waals surface area contributed by atoms with Gasteiger partial charge in [0.2, 0.25) is 0 Å². The molecule has 2 aromatic rings. The molecule has 0 saturated heterocycles. The van der Waals surface area contributed by atoms with Gasteiger partial charge in [0.1, 0.15) is 0 Å². The fraction of sp³-hybridized carbons (Fsp3) is 0.267. The van der Waals surface area contributed by atoms with Crippen molar-refractivity contribution in [2.45, 2.75) is 20.4 Å². The van der Waals surface area contributed by atoms with Crippen LogP contribution in [0, 0.1) is 13.8 Å². The molecule has 18 heavy (non-hydrogen) atoms. The Morgan fingerprint density at radius 3 is 2.44 bits per heavy atom. The monoisotopic (exact) mass is 241 g/mol. The predicted molar refractivity (Wildman–Crippen MR) is 76.1 cm³/mol. The van der Waals surface area contributed by atoms with Crippen molar-refractivity contribution < 1.29 is 0 Å². The number of anilines is 2. The first-order valence-corrected chi connectivity index (χ1v) is 6.09. The largest absolute Gasteiger partial charge is 0.344 e. The summed E-state index contributed by atoms with van der Waals surface area (Å²) in [7, 11) is 2.06. The van der Waals surface area contributed by atoms with Crippen LogP contribution in [0.2, 0.25) is 0 Å². The van der Waals surface area contributed by atoms with Crippen molar-refractivity contribution in [3.63, 3.8) is 0 Å². The molecule has 0 aliphatic heterocycles. The maximum absolute atomic E-state index is 5.85. The van der Waals surface area contributed by atoms with Crippen LogP contribution < -0.4 is 10.6 Å². The minimum absolute atomic E-state index is 0.506. The Balaban J connectivity index is 2.50. The summed E-state index contributed by atoms with van der Waals surface area (Å²) in [5, 5.41) is 0. The maximum Gasteiger partial charge on any atom is 0.0490 e. The first kappa shape index (κ1) is 12.6. The molecule has 3 heteroatoms. The van der Waals surface area contributed by atoms with E-state index in [2.05, 4.69) is 35.1 Å². The first-order valence-electron chi connectivity index (χ1n) is 6.09. The molecule has 1 aromatic carbocycles. The number of para-hydroxylation sites is 1. The number of pyridine rings is 1. The number of nitrogens with two attached hydrogens (primary N) is 1. The molecule has 0 fully saturated rings. The smallest absolute Gasteiger partial charge is 0.0490 e. The lowest BCUT2D eigenvalue weighted by atomic mass is 10.1. The summed E-state index contributed by atoms with van der Waals surface area (Å²) < 4.78 is 0. The lowest BCUT2D eigenvalue weighted by Crippen LogP contribution is -2.15. The molecule has 0 saturated carbocycles. The predicted octanol–water partition coefficient (Wildman–Crippen LogP) is 2.93. The maximum atomic E-state index is 5.85. The highest BCUT2D eigenvalue weighted by Gasteiger charge is 2.12. The average molecular weight is 241 g/mol. The van der Waals surface area contributed by atoms with Crippen molar-refractivity contribution in [1.82, 2.24) is 4.98 Å². The number of hydrogen-bond donors (Lipinski definition) is 1. The van der Waals surface area contributed by atoms with Crippen LogP contribution in [0.25, 0.3) is 0 Å². The Morgan fingerprint density at radius 2 is 1.83 bits per heavy atom. The molecule has 94 valence electrons. The third kappa shape index (κ3) is 2.36. The van der Waals surface area contributed by atoms with Gasteiger partial charge in [-0.2, -0.15) is 0 Å². The van der Waals surface area contributed by atoms with Gasteiger partial charge in [0.15, 0.2) is 0 Å². The van der Waals surface area contributed by atoms with E-state index in [1.54, 1.807) is 0 Å². The fourth-order valence-corrected chi connectivity index (χ4v) is 2.18. The fourth-order valence-electron chi connectivity index (χ4n) is 2.18. The van der Waals surface area contributed by atoms with Crippen LogP contribution in [0.4, 0.5) is 11.4 Å². The second-order valence-corrected chi connectivity index (χ2v) is 4.45. The first-order chi connectivity index (χ1) is 8.63. The molecular formula is C15H19N3. The zero-order valence-electron chi connectivity index (χ0n) is 11.1. The van der Waals surface area contributed by atoms with Crippen LogP contribution in [0.3, 0.4) is 0 Å². The molecule has 1 aromatic heterocycles. The van der Waals surface area contributed by atoms with Crippen molar-refractivity contribution in [2.75, 3.05) is 11.9 Å². The van der Waals surface area contributed by atoms with E-state index < -0.39 is 0 Å². The highest BCUT2D eigenvalue weighted by atomic mass is 15.1. The van der Waals surface area contributed by atoms with Gasteiger partial charge in [0, 0.05) is 41.9 Å². The van der Waals surface area contributed by atoms with E-state index >= 15 is 0 Å². The van der Waals surface area contributed by atoms with Crippen molar-refractivity contribution >= 4 is 11.4 Å². The summed E-state index contributed by atoms with van der Waals surface area (Å²) in [6.45, 7) is 4.53. The van der Waals surface area contributed by atoms with Gasteiger partial charge < -0.3 is 10.6 Å². The second kappa shape index (κ2) is 5.19. The van der Waals surface area contributed by atoms with Gasteiger partial charge in [-0.05, 0) is 32.0 Å². The van der Waals surface area contributed by atoms with Crippen LogP contribution >= 0.6 is 0 Å². The van der Waals surface area contributed by atoms with E-state index in [-0.39, 0.29) is 0 Å². The van der Waals surface area contributed by atoms with Gasteiger partial charge in [0.25, 0.3) is 0 Å². The lowest BCUT2D eigenvalue weighted by Gasteiger charge is -2.23. The van der Waals surface area contributed by atoms with E-state index in [1.165, 1.54) is 0 Å². The standard InChI is InChI=1S/C15H19N3/c1-11-9-15(14(10-16)12(2)17-11)18(3)13-7-5-4-6-8-13/h4-9H,10,16H2,1-3H3. The molecule has 2 rings (SSSR count). The Bertz CT molecular complexity index is 535. The van der Waals surface area contributed by atoms with E-state index in [1.807, 2.05) is 32.0 Å². The second-order valence-electron chi connectivity index (χ2n) is 4.45. The minimum atomic E-state index is 0.506. The third-order valence-electron chi connectivity index (χ3n) is 3.14. The highest BCUT2D eigenvalue weighted by Crippen LogP contribution is 2.28. The summed E-state index contributed by atoms with van der Waals surface area (Å²) in [5.41, 5.74) is 11.3. The van der Waals surface area contributed by atoms with E-state index in [9.17, 15) is 0 Å². The van der Waals surface area contributed by atoms with Crippen molar-refractivity contribution in [3.05, 3.63) is 53.3 Å². The molecule has 0 bridgehead atoms. The molecule has 3 nitrogen and oxygen atoms in total. The summed E-state index contributed by atoms with van der Waals surface area (Å²) in [6.07, 6.45) is 0. The van der Waals surface area contributed by atoms with Gasteiger partial charge in [-0.3, -0.25) is 4.98 Å². The van der Waals surface area contributed by atoms with Crippen molar-refractivity contribution in [2.24, 2.45) is 5.73 Å². The summed E-state index contributed by atoms with van der Waals surface area (Å²) in [4.78, 5) is 6.63. The SMILES string of the molecule is Cc1cc(N(C)c2ccccc2)c(CN)c(C)n1. The zero-order chi connectivity index (χ0) is 13.1. The average Bonchev–Trinajstić information content (AvgIpc) is 2.38.